The van der Waals surface area contributed by atoms with Crippen molar-refractivity contribution in [2.24, 2.45) is 0 Å². The predicted molar refractivity (Wildman–Crippen MR) is 71.6 cm³/mol. The molecule has 102 valence electrons. The van der Waals surface area contributed by atoms with Gasteiger partial charge in [0.15, 0.2) is 0 Å². The van der Waals surface area contributed by atoms with E-state index in [-0.39, 0.29) is 6.61 Å². The molecule has 1 heterocycles. The number of nitrogens with zero attached hydrogens (tertiary/aromatic N) is 3. The molecule has 2 rings (SSSR count). The summed E-state index contributed by atoms with van der Waals surface area (Å²) in [7, 11) is 0. The molecule has 0 spiro atoms. The van der Waals surface area contributed by atoms with Crippen LogP contribution in [0, 0.1) is 20.8 Å². The lowest BCUT2D eigenvalue weighted by Crippen LogP contribution is -2.11. The van der Waals surface area contributed by atoms with Crippen LogP contribution in [-0.2, 0) is 13.2 Å². The number of hydrogen-bond donors (Lipinski definition) is 2. The predicted octanol–water partition coefficient (Wildman–Crippen LogP) is 1.43. The van der Waals surface area contributed by atoms with Gasteiger partial charge in [-0.3, -0.25) is 0 Å². The number of benzene rings is 1. The van der Waals surface area contributed by atoms with E-state index >= 15 is 0 Å². The number of aryl methyl sites for hydroxylation is 3. The molecule has 5 nitrogen and oxygen atoms in total. The number of rotatable bonds is 4. The molecule has 1 aromatic carbocycles. The summed E-state index contributed by atoms with van der Waals surface area (Å²) in [5.41, 5.74) is 4.86. The van der Waals surface area contributed by atoms with E-state index in [0.717, 1.165) is 16.7 Å². The summed E-state index contributed by atoms with van der Waals surface area (Å²) < 4.78 is 1.55. The molecule has 1 aromatic heterocycles. The summed E-state index contributed by atoms with van der Waals surface area (Å²) in [6, 6.07) is 4.09. The minimum Gasteiger partial charge on any atom is -0.390 e. The van der Waals surface area contributed by atoms with E-state index < -0.39 is 6.10 Å². The van der Waals surface area contributed by atoms with Crippen LogP contribution in [0.1, 0.15) is 34.1 Å². The number of hydrogen-bond acceptors (Lipinski definition) is 4. The molecule has 5 heteroatoms. The van der Waals surface area contributed by atoms with Crippen LogP contribution in [0.2, 0.25) is 0 Å². The van der Waals surface area contributed by atoms with Crippen LogP contribution in [0.25, 0.3) is 0 Å². The lowest BCUT2D eigenvalue weighted by atomic mass is 9.97. The second-order valence-corrected chi connectivity index (χ2v) is 4.90. The SMILES string of the molecule is Cc1cc(C)c(C(O)Cn2cc(CO)nn2)cc1C. The maximum Gasteiger partial charge on any atom is 0.108 e. The van der Waals surface area contributed by atoms with Gasteiger partial charge in [-0.15, -0.1) is 5.10 Å². The van der Waals surface area contributed by atoms with E-state index in [1.165, 1.54) is 5.56 Å². The molecule has 0 bridgehead atoms. The van der Waals surface area contributed by atoms with E-state index in [1.807, 2.05) is 19.9 Å². The number of aliphatic hydroxyl groups is 2. The maximum atomic E-state index is 10.3. The van der Waals surface area contributed by atoms with Gasteiger partial charge in [-0.05, 0) is 43.0 Å². The third-order valence-electron chi connectivity index (χ3n) is 3.35. The Morgan fingerprint density at radius 3 is 2.47 bits per heavy atom. The van der Waals surface area contributed by atoms with Crippen molar-refractivity contribution in [1.82, 2.24) is 15.0 Å². The zero-order chi connectivity index (χ0) is 14.0. The van der Waals surface area contributed by atoms with Crippen molar-refractivity contribution in [3.05, 3.63) is 46.3 Å². The van der Waals surface area contributed by atoms with Gasteiger partial charge in [0.05, 0.1) is 25.5 Å². The molecule has 19 heavy (non-hydrogen) atoms. The highest BCUT2D eigenvalue weighted by Gasteiger charge is 2.13. The Balaban J connectivity index is 2.19. The van der Waals surface area contributed by atoms with Gasteiger partial charge in [-0.1, -0.05) is 17.3 Å². The van der Waals surface area contributed by atoms with Crippen molar-refractivity contribution in [3.8, 4) is 0 Å². The molecule has 0 amide bonds. The smallest absolute Gasteiger partial charge is 0.108 e. The average molecular weight is 261 g/mol. The summed E-state index contributed by atoms with van der Waals surface area (Å²) in [5.74, 6) is 0. The van der Waals surface area contributed by atoms with Crippen LogP contribution in [0.3, 0.4) is 0 Å². The molecule has 1 unspecified atom stereocenters. The molecule has 0 aliphatic heterocycles. The van der Waals surface area contributed by atoms with Gasteiger partial charge in [0.1, 0.15) is 5.69 Å². The Morgan fingerprint density at radius 1 is 1.16 bits per heavy atom. The van der Waals surface area contributed by atoms with Crippen LogP contribution in [0.4, 0.5) is 0 Å². The van der Waals surface area contributed by atoms with Gasteiger partial charge in [-0.2, -0.15) is 0 Å². The highest BCUT2D eigenvalue weighted by atomic mass is 16.3. The largest absolute Gasteiger partial charge is 0.390 e. The van der Waals surface area contributed by atoms with E-state index in [2.05, 4.69) is 23.3 Å². The molecule has 0 fully saturated rings. The van der Waals surface area contributed by atoms with E-state index in [1.54, 1.807) is 10.9 Å². The highest BCUT2D eigenvalue weighted by molar-refractivity contribution is 5.37. The average Bonchev–Trinajstić information content (AvgIpc) is 2.81. The summed E-state index contributed by atoms with van der Waals surface area (Å²) in [5, 5.41) is 26.9. The monoisotopic (exact) mass is 261 g/mol. The fourth-order valence-electron chi connectivity index (χ4n) is 2.12. The van der Waals surface area contributed by atoms with Gasteiger partial charge in [-0.25, -0.2) is 4.68 Å². The molecule has 2 aromatic rings. The second kappa shape index (κ2) is 5.50. The quantitative estimate of drug-likeness (QED) is 0.873. The normalized spacial score (nSPS) is 12.7. The molecular weight excluding hydrogens is 242 g/mol. The zero-order valence-electron chi connectivity index (χ0n) is 11.5. The molecule has 0 saturated heterocycles. The molecule has 1 atom stereocenters. The zero-order valence-corrected chi connectivity index (χ0v) is 11.5. The lowest BCUT2D eigenvalue weighted by molar-refractivity contribution is 0.150. The van der Waals surface area contributed by atoms with E-state index in [9.17, 15) is 5.11 Å². The van der Waals surface area contributed by atoms with Crippen molar-refractivity contribution in [2.75, 3.05) is 0 Å². The Hall–Kier alpha value is -1.72. The summed E-state index contributed by atoms with van der Waals surface area (Å²) in [6.45, 7) is 6.27. The second-order valence-electron chi connectivity index (χ2n) is 4.90. The van der Waals surface area contributed by atoms with Crippen LogP contribution in [-0.4, -0.2) is 25.2 Å². The van der Waals surface area contributed by atoms with Gasteiger partial charge in [0, 0.05) is 0 Å². The first kappa shape index (κ1) is 13.7. The molecule has 2 N–H and O–H groups in total. The highest BCUT2D eigenvalue weighted by Crippen LogP contribution is 2.22. The van der Waals surface area contributed by atoms with Crippen molar-refractivity contribution in [1.29, 1.82) is 0 Å². The van der Waals surface area contributed by atoms with Crippen molar-refractivity contribution in [3.63, 3.8) is 0 Å². The van der Waals surface area contributed by atoms with Crippen LogP contribution < -0.4 is 0 Å². The Bertz CT molecular complexity index is 578. The first-order valence-electron chi connectivity index (χ1n) is 6.27. The van der Waals surface area contributed by atoms with Gasteiger partial charge < -0.3 is 10.2 Å². The summed E-state index contributed by atoms with van der Waals surface area (Å²) >= 11 is 0. The van der Waals surface area contributed by atoms with Gasteiger partial charge >= 0.3 is 0 Å². The Kier molecular flexibility index (Phi) is 3.97. The van der Waals surface area contributed by atoms with Gasteiger partial charge in [0.2, 0.25) is 0 Å². The summed E-state index contributed by atoms with van der Waals surface area (Å²) in [4.78, 5) is 0. The minimum absolute atomic E-state index is 0.140. The Labute approximate surface area is 112 Å². The van der Waals surface area contributed by atoms with E-state index in [0.29, 0.717) is 12.2 Å². The fourth-order valence-corrected chi connectivity index (χ4v) is 2.12. The number of aliphatic hydroxyl groups excluding tert-OH is 2. The maximum absolute atomic E-state index is 10.3. The van der Waals surface area contributed by atoms with E-state index in [4.69, 9.17) is 5.11 Å². The summed E-state index contributed by atoms with van der Waals surface area (Å²) in [6.07, 6.45) is 1.01. The standard InChI is InChI=1S/C14H19N3O2/c1-9-4-11(3)13(5-10(9)2)14(19)7-17-6-12(8-18)15-16-17/h4-6,14,18-19H,7-8H2,1-3H3. The first-order chi connectivity index (χ1) is 9.01. The topological polar surface area (TPSA) is 71.2 Å². The van der Waals surface area contributed by atoms with Crippen molar-refractivity contribution < 1.29 is 10.2 Å². The minimum atomic E-state index is -0.632. The molecular formula is C14H19N3O2. The van der Waals surface area contributed by atoms with Crippen LogP contribution in [0.5, 0.6) is 0 Å². The third-order valence-corrected chi connectivity index (χ3v) is 3.35. The van der Waals surface area contributed by atoms with Crippen molar-refractivity contribution >= 4 is 0 Å². The lowest BCUT2D eigenvalue weighted by Gasteiger charge is -2.15. The van der Waals surface area contributed by atoms with Crippen molar-refractivity contribution in [2.45, 2.75) is 40.0 Å². The molecule has 0 aliphatic rings. The van der Waals surface area contributed by atoms with Gasteiger partial charge in [0.25, 0.3) is 0 Å². The Morgan fingerprint density at radius 2 is 1.84 bits per heavy atom. The molecule has 0 saturated carbocycles. The van der Waals surface area contributed by atoms with Crippen LogP contribution >= 0.6 is 0 Å². The fraction of sp³-hybridized carbons (Fsp3) is 0.429. The first-order valence-corrected chi connectivity index (χ1v) is 6.27. The third kappa shape index (κ3) is 3.00. The molecule has 0 radical (unpaired) electrons. The molecule has 0 aliphatic carbocycles. The number of aromatic nitrogens is 3. The van der Waals surface area contributed by atoms with Crippen LogP contribution in [0.15, 0.2) is 18.3 Å².